The Hall–Kier alpha value is -2.50. The molecule has 3 N–H and O–H groups in total. The summed E-state index contributed by atoms with van der Waals surface area (Å²) in [7, 11) is 0. The molecule has 0 radical (unpaired) electrons. The fraction of sp³-hybridized carbons (Fsp3) is 0.542. The van der Waals surface area contributed by atoms with Gasteiger partial charge in [-0.15, -0.1) is 0 Å². The van der Waals surface area contributed by atoms with Gasteiger partial charge in [0.05, 0.1) is 25.2 Å². The number of carbonyl (C=O) groups is 2. The molecule has 1 heterocycles. The number of ether oxygens (including phenoxy) is 3. The molecule has 1 aromatic heterocycles. The highest BCUT2D eigenvalue weighted by Crippen LogP contribution is 2.24. The van der Waals surface area contributed by atoms with Crippen LogP contribution >= 0.6 is 11.6 Å². The third kappa shape index (κ3) is 10.7. The lowest BCUT2D eigenvalue weighted by atomic mass is 10.2. The lowest BCUT2D eigenvalue weighted by molar-refractivity contribution is -0.155. The maximum atomic E-state index is 12.5. The van der Waals surface area contributed by atoms with Crippen LogP contribution in [0.1, 0.15) is 20.8 Å². The Morgan fingerprint density at radius 1 is 1.03 bits per heavy atom. The maximum Gasteiger partial charge on any atom is 0.320 e. The number of anilines is 1. The average molecular weight is 510 g/mol. The van der Waals surface area contributed by atoms with E-state index in [0.29, 0.717) is 44.4 Å². The van der Waals surface area contributed by atoms with Crippen molar-refractivity contribution in [1.82, 2.24) is 20.5 Å². The van der Waals surface area contributed by atoms with Crippen molar-refractivity contribution in [3.63, 3.8) is 0 Å². The smallest absolute Gasteiger partial charge is 0.320 e. The molecule has 0 unspecified atom stereocenters. The van der Waals surface area contributed by atoms with E-state index in [2.05, 4.69) is 20.9 Å². The number of esters is 1. The lowest BCUT2D eigenvalue weighted by Crippen LogP contribution is -2.45. The van der Waals surface area contributed by atoms with E-state index in [9.17, 15) is 9.59 Å². The first-order valence-electron chi connectivity index (χ1n) is 11.9. The average Bonchev–Trinajstić information content (AvgIpc) is 2.82. The largest absolute Gasteiger partial charge is 0.465 e. The van der Waals surface area contributed by atoms with Gasteiger partial charge in [-0.25, -0.2) is 0 Å². The van der Waals surface area contributed by atoms with E-state index in [0.717, 1.165) is 16.6 Å². The molecule has 0 spiro atoms. The Labute approximate surface area is 211 Å². The molecule has 35 heavy (non-hydrogen) atoms. The Kier molecular flexibility index (Phi) is 13.3. The van der Waals surface area contributed by atoms with Crippen molar-refractivity contribution in [2.24, 2.45) is 0 Å². The molecule has 0 atom stereocenters. The second-order valence-electron chi connectivity index (χ2n) is 7.51. The summed E-state index contributed by atoms with van der Waals surface area (Å²) in [4.78, 5) is 30.6. The van der Waals surface area contributed by atoms with Crippen LogP contribution in [0.25, 0.3) is 10.9 Å². The van der Waals surface area contributed by atoms with Crippen LogP contribution in [-0.2, 0) is 23.8 Å². The van der Waals surface area contributed by atoms with E-state index in [1.54, 1.807) is 18.0 Å². The van der Waals surface area contributed by atoms with Gasteiger partial charge < -0.3 is 24.8 Å². The molecule has 0 fully saturated rings. The summed E-state index contributed by atoms with van der Waals surface area (Å²) in [6.07, 6.45) is 1.18. The molecule has 0 aliphatic heterocycles. The SMILES string of the molecule is CCOC(=O)CN(CCNC(OCC)OCC)CC(=O)NCCNc1ccnc2cc(Cl)ccc12. The first kappa shape index (κ1) is 28.7. The van der Waals surface area contributed by atoms with E-state index in [4.69, 9.17) is 25.8 Å². The predicted octanol–water partition coefficient (Wildman–Crippen LogP) is 2.23. The summed E-state index contributed by atoms with van der Waals surface area (Å²) in [5.41, 5.74) is 1.71. The van der Waals surface area contributed by atoms with E-state index < -0.39 is 6.41 Å². The van der Waals surface area contributed by atoms with Crippen molar-refractivity contribution in [2.45, 2.75) is 27.2 Å². The van der Waals surface area contributed by atoms with Crippen molar-refractivity contribution >= 4 is 40.1 Å². The topological polar surface area (TPSA) is 114 Å². The van der Waals surface area contributed by atoms with Gasteiger partial charge in [0.1, 0.15) is 0 Å². The molecule has 0 bridgehead atoms. The number of halogens is 1. The third-order valence-electron chi connectivity index (χ3n) is 4.87. The van der Waals surface area contributed by atoms with Crippen molar-refractivity contribution in [3.05, 3.63) is 35.5 Å². The number of nitrogens with one attached hydrogen (secondary N) is 3. The summed E-state index contributed by atoms with van der Waals surface area (Å²) in [5, 5.41) is 10.9. The number of rotatable bonds is 17. The van der Waals surface area contributed by atoms with Gasteiger partial charge in [-0.05, 0) is 45.0 Å². The Morgan fingerprint density at radius 2 is 1.80 bits per heavy atom. The summed E-state index contributed by atoms with van der Waals surface area (Å²) >= 11 is 6.04. The molecular weight excluding hydrogens is 474 g/mol. The van der Waals surface area contributed by atoms with Crippen LogP contribution in [-0.4, -0.2) is 87.3 Å². The molecule has 0 saturated heterocycles. The number of amides is 1. The number of hydrogen-bond donors (Lipinski definition) is 3. The second-order valence-corrected chi connectivity index (χ2v) is 7.95. The van der Waals surface area contributed by atoms with Gasteiger partial charge in [-0.3, -0.25) is 24.8 Å². The van der Waals surface area contributed by atoms with E-state index in [1.807, 2.05) is 38.1 Å². The molecule has 11 heteroatoms. The molecular formula is C24H36ClN5O5. The predicted molar refractivity (Wildman–Crippen MR) is 136 cm³/mol. The van der Waals surface area contributed by atoms with Crippen molar-refractivity contribution in [3.8, 4) is 0 Å². The van der Waals surface area contributed by atoms with Crippen LogP contribution in [0.3, 0.4) is 0 Å². The number of fused-ring (bicyclic) bond motifs is 1. The minimum absolute atomic E-state index is 0.0146. The molecule has 0 aliphatic carbocycles. The van der Waals surface area contributed by atoms with E-state index in [1.165, 1.54) is 0 Å². The normalized spacial score (nSPS) is 11.3. The summed E-state index contributed by atoms with van der Waals surface area (Å²) in [6.45, 7) is 8.73. The molecule has 1 aromatic carbocycles. The zero-order valence-electron chi connectivity index (χ0n) is 20.6. The molecule has 1 amide bonds. The van der Waals surface area contributed by atoms with E-state index in [-0.39, 0.29) is 31.6 Å². The number of aromatic nitrogens is 1. The number of pyridine rings is 1. The second kappa shape index (κ2) is 16.2. The van der Waals surface area contributed by atoms with Crippen molar-refractivity contribution < 1.29 is 23.8 Å². The highest BCUT2D eigenvalue weighted by atomic mass is 35.5. The molecule has 2 aromatic rings. The number of nitrogens with zero attached hydrogens (tertiary/aromatic N) is 2. The van der Waals surface area contributed by atoms with Gasteiger partial charge in [0.25, 0.3) is 0 Å². The molecule has 0 saturated carbocycles. The van der Waals surface area contributed by atoms with Crippen LogP contribution < -0.4 is 16.0 Å². The van der Waals surface area contributed by atoms with Crippen molar-refractivity contribution in [2.75, 3.05) is 64.4 Å². The zero-order chi connectivity index (χ0) is 25.5. The number of carbonyl (C=O) groups excluding carboxylic acids is 2. The van der Waals surface area contributed by atoms with Crippen LogP contribution in [0.5, 0.6) is 0 Å². The summed E-state index contributed by atoms with van der Waals surface area (Å²) in [6, 6.07) is 7.41. The van der Waals surface area contributed by atoms with Gasteiger partial charge in [-0.1, -0.05) is 11.6 Å². The maximum absolute atomic E-state index is 12.5. The van der Waals surface area contributed by atoms with Gasteiger partial charge in [-0.2, -0.15) is 0 Å². The number of benzene rings is 1. The highest BCUT2D eigenvalue weighted by Gasteiger charge is 2.16. The van der Waals surface area contributed by atoms with Gasteiger partial charge in [0, 0.05) is 61.7 Å². The van der Waals surface area contributed by atoms with Crippen molar-refractivity contribution in [1.29, 1.82) is 0 Å². The van der Waals surface area contributed by atoms with Gasteiger partial charge in [0.15, 0.2) is 0 Å². The molecule has 10 nitrogen and oxygen atoms in total. The lowest BCUT2D eigenvalue weighted by Gasteiger charge is -2.23. The highest BCUT2D eigenvalue weighted by molar-refractivity contribution is 6.31. The number of hydrogen-bond acceptors (Lipinski definition) is 9. The fourth-order valence-corrected chi connectivity index (χ4v) is 3.51. The molecule has 0 aliphatic rings. The Balaban J connectivity index is 1.82. The van der Waals surface area contributed by atoms with Gasteiger partial charge in [0.2, 0.25) is 12.3 Å². The van der Waals surface area contributed by atoms with Crippen LogP contribution in [0, 0.1) is 0 Å². The minimum atomic E-state index is -0.533. The quantitative estimate of drug-likeness (QED) is 0.168. The standard InChI is InChI=1S/C24H36ClN5O5/c1-4-33-23(32)17-30(14-13-29-24(34-5-2)35-6-3)16-22(31)28-12-11-27-20-9-10-26-21-15-18(25)7-8-19(20)21/h7-10,15,24,29H,4-6,11-14,16-17H2,1-3H3,(H,26,27)(H,28,31). The first-order chi connectivity index (χ1) is 17.0. The molecule has 194 valence electrons. The zero-order valence-corrected chi connectivity index (χ0v) is 21.4. The monoisotopic (exact) mass is 509 g/mol. The van der Waals surface area contributed by atoms with E-state index >= 15 is 0 Å². The first-order valence-corrected chi connectivity index (χ1v) is 12.2. The summed E-state index contributed by atoms with van der Waals surface area (Å²) < 4.78 is 16.0. The van der Waals surface area contributed by atoms with Gasteiger partial charge >= 0.3 is 5.97 Å². The van der Waals surface area contributed by atoms with Crippen LogP contribution in [0.4, 0.5) is 5.69 Å². The third-order valence-corrected chi connectivity index (χ3v) is 5.10. The van der Waals surface area contributed by atoms with Crippen LogP contribution in [0.2, 0.25) is 5.02 Å². The Bertz CT molecular complexity index is 926. The minimum Gasteiger partial charge on any atom is -0.465 e. The summed E-state index contributed by atoms with van der Waals surface area (Å²) in [5.74, 6) is -0.563. The van der Waals surface area contributed by atoms with Crippen LogP contribution in [0.15, 0.2) is 30.5 Å². The Morgan fingerprint density at radius 3 is 2.51 bits per heavy atom. The fourth-order valence-electron chi connectivity index (χ4n) is 3.35. The molecule has 2 rings (SSSR count).